The Labute approximate surface area is 112 Å². The van der Waals surface area contributed by atoms with Gasteiger partial charge in [-0.3, -0.25) is 4.79 Å². The highest BCUT2D eigenvalue weighted by Crippen LogP contribution is 2.19. The molecular weight excluding hydrogens is 240 g/mol. The predicted octanol–water partition coefficient (Wildman–Crippen LogP) is 3.27. The zero-order valence-electron chi connectivity index (χ0n) is 10.8. The van der Waals surface area contributed by atoms with Gasteiger partial charge in [0.2, 0.25) is 0 Å². The molecule has 1 atom stereocenters. The minimum atomic E-state index is -0.105. The molecule has 0 bridgehead atoms. The number of ether oxygens (including phenoxy) is 2. The van der Waals surface area contributed by atoms with Crippen LogP contribution in [0, 0.1) is 0 Å². The van der Waals surface area contributed by atoms with Gasteiger partial charge in [0, 0.05) is 12.7 Å². The van der Waals surface area contributed by atoms with Crippen LogP contribution in [0.3, 0.4) is 0 Å². The SMILES string of the molecule is COC(COc1ccc(C=O)cc1)c1ccccc1. The number of aldehydes is 1. The third-order valence-electron chi connectivity index (χ3n) is 2.87. The highest BCUT2D eigenvalue weighted by molar-refractivity contribution is 5.74. The fraction of sp³-hybridized carbons (Fsp3) is 0.188. The van der Waals surface area contributed by atoms with Crippen LogP contribution < -0.4 is 4.74 Å². The van der Waals surface area contributed by atoms with Crippen molar-refractivity contribution in [3.8, 4) is 5.75 Å². The molecule has 1 unspecified atom stereocenters. The summed E-state index contributed by atoms with van der Waals surface area (Å²) in [4.78, 5) is 10.6. The van der Waals surface area contributed by atoms with Gasteiger partial charge in [0.15, 0.2) is 0 Å². The summed E-state index contributed by atoms with van der Waals surface area (Å²) in [7, 11) is 1.66. The maximum absolute atomic E-state index is 10.6. The van der Waals surface area contributed by atoms with Crippen LogP contribution in [-0.4, -0.2) is 20.0 Å². The van der Waals surface area contributed by atoms with Crippen LogP contribution >= 0.6 is 0 Å². The molecule has 3 heteroatoms. The summed E-state index contributed by atoms with van der Waals surface area (Å²) < 4.78 is 11.1. The highest BCUT2D eigenvalue weighted by atomic mass is 16.5. The smallest absolute Gasteiger partial charge is 0.150 e. The number of hydrogen-bond donors (Lipinski definition) is 0. The summed E-state index contributed by atoms with van der Waals surface area (Å²) in [5.74, 6) is 0.726. The average Bonchev–Trinajstić information content (AvgIpc) is 2.49. The maximum atomic E-state index is 10.6. The van der Waals surface area contributed by atoms with Crippen molar-refractivity contribution in [2.75, 3.05) is 13.7 Å². The lowest BCUT2D eigenvalue weighted by molar-refractivity contribution is 0.0576. The fourth-order valence-corrected chi connectivity index (χ4v) is 1.78. The van der Waals surface area contributed by atoms with Gasteiger partial charge in [0.25, 0.3) is 0 Å². The first-order valence-corrected chi connectivity index (χ1v) is 6.09. The summed E-state index contributed by atoms with van der Waals surface area (Å²) in [6.07, 6.45) is 0.707. The molecule has 2 aromatic rings. The molecule has 0 spiro atoms. The van der Waals surface area contributed by atoms with Crippen molar-refractivity contribution in [3.63, 3.8) is 0 Å². The monoisotopic (exact) mass is 256 g/mol. The van der Waals surface area contributed by atoms with Crippen molar-refractivity contribution in [3.05, 3.63) is 65.7 Å². The van der Waals surface area contributed by atoms with E-state index in [9.17, 15) is 4.79 Å². The van der Waals surface area contributed by atoms with E-state index in [0.29, 0.717) is 12.2 Å². The van der Waals surface area contributed by atoms with Gasteiger partial charge in [0.05, 0.1) is 0 Å². The highest BCUT2D eigenvalue weighted by Gasteiger charge is 2.10. The molecule has 2 aromatic carbocycles. The number of carbonyl (C=O) groups excluding carboxylic acids is 1. The topological polar surface area (TPSA) is 35.5 Å². The van der Waals surface area contributed by atoms with Gasteiger partial charge >= 0.3 is 0 Å². The molecule has 19 heavy (non-hydrogen) atoms. The van der Waals surface area contributed by atoms with E-state index in [1.54, 1.807) is 31.4 Å². The first-order chi connectivity index (χ1) is 9.33. The zero-order chi connectivity index (χ0) is 13.5. The second-order valence-electron chi connectivity index (χ2n) is 4.13. The number of carbonyl (C=O) groups is 1. The number of benzene rings is 2. The normalized spacial score (nSPS) is 11.8. The molecule has 0 heterocycles. The molecule has 0 aliphatic carbocycles. The third kappa shape index (κ3) is 3.66. The third-order valence-corrected chi connectivity index (χ3v) is 2.87. The van der Waals surface area contributed by atoms with E-state index in [4.69, 9.17) is 9.47 Å². The van der Waals surface area contributed by atoms with E-state index < -0.39 is 0 Å². The molecule has 0 amide bonds. The van der Waals surface area contributed by atoms with E-state index in [1.807, 2.05) is 30.3 Å². The molecule has 0 aliphatic heterocycles. The Morgan fingerprint density at radius 1 is 1.05 bits per heavy atom. The largest absolute Gasteiger partial charge is 0.491 e. The van der Waals surface area contributed by atoms with Gasteiger partial charge < -0.3 is 9.47 Å². The Hall–Kier alpha value is -2.13. The van der Waals surface area contributed by atoms with Gasteiger partial charge in [-0.25, -0.2) is 0 Å². The Balaban J connectivity index is 1.97. The van der Waals surface area contributed by atoms with Crippen LogP contribution in [-0.2, 0) is 4.74 Å². The van der Waals surface area contributed by atoms with E-state index in [1.165, 1.54) is 0 Å². The second-order valence-corrected chi connectivity index (χ2v) is 4.13. The van der Waals surface area contributed by atoms with Gasteiger partial charge in [-0.1, -0.05) is 30.3 Å². The summed E-state index contributed by atoms with van der Waals surface area (Å²) in [5.41, 5.74) is 1.72. The lowest BCUT2D eigenvalue weighted by Crippen LogP contribution is -2.12. The van der Waals surface area contributed by atoms with Crippen LogP contribution in [0.25, 0.3) is 0 Å². The molecule has 0 saturated carbocycles. The van der Waals surface area contributed by atoms with Gasteiger partial charge in [0.1, 0.15) is 24.7 Å². The standard InChI is InChI=1S/C16H16O3/c1-18-16(14-5-3-2-4-6-14)12-19-15-9-7-13(11-17)8-10-15/h2-11,16H,12H2,1H3. The van der Waals surface area contributed by atoms with Crippen molar-refractivity contribution >= 4 is 6.29 Å². The van der Waals surface area contributed by atoms with Crippen LogP contribution in [0.1, 0.15) is 22.0 Å². The molecular formula is C16H16O3. The van der Waals surface area contributed by atoms with Gasteiger partial charge in [-0.2, -0.15) is 0 Å². The van der Waals surface area contributed by atoms with Crippen LogP contribution in [0.4, 0.5) is 0 Å². The predicted molar refractivity (Wildman–Crippen MR) is 73.5 cm³/mol. The molecule has 98 valence electrons. The van der Waals surface area contributed by atoms with Crippen LogP contribution in [0.2, 0.25) is 0 Å². The lowest BCUT2D eigenvalue weighted by atomic mass is 10.1. The second kappa shape index (κ2) is 6.71. The van der Waals surface area contributed by atoms with Crippen molar-refractivity contribution in [1.82, 2.24) is 0 Å². The molecule has 2 rings (SSSR count). The van der Waals surface area contributed by atoms with E-state index >= 15 is 0 Å². The summed E-state index contributed by atoms with van der Waals surface area (Å²) in [5, 5.41) is 0. The number of methoxy groups -OCH3 is 1. The average molecular weight is 256 g/mol. The van der Waals surface area contributed by atoms with Crippen LogP contribution in [0.5, 0.6) is 5.75 Å². The molecule has 0 fully saturated rings. The number of rotatable bonds is 6. The fourth-order valence-electron chi connectivity index (χ4n) is 1.78. The van der Waals surface area contributed by atoms with Crippen molar-refractivity contribution in [1.29, 1.82) is 0 Å². The van der Waals surface area contributed by atoms with Crippen LogP contribution in [0.15, 0.2) is 54.6 Å². The first-order valence-electron chi connectivity index (χ1n) is 6.09. The Kier molecular flexibility index (Phi) is 4.70. The minimum Gasteiger partial charge on any atom is -0.491 e. The zero-order valence-corrected chi connectivity index (χ0v) is 10.8. The molecule has 0 radical (unpaired) electrons. The van der Waals surface area contributed by atoms with Crippen molar-refractivity contribution in [2.45, 2.75) is 6.10 Å². The van der Waals surface area contributed by atoms with Gasteiger partial charge in [-0.05, 0) is 29.8 Å². The van der Waals surface area contributed by atoms with Crippen molar-refractivity contribution < 1.29 is 14.3 Å². The molecule has 0 aromatic heterocycles. The summed E-state index contributed by atoms with van der Waals surface area (Å²) in [6, 6.07) is 16.9. The maximum Gasteiger partial charge on any atom is 0.150 e. The summed E-state index contributed by atoms with van der Waals surface area (Å²) in [6.45, 7) is 0.431. The van der Waals surface area contributed by atoms with E-state index in [2.05, 4.69) is 0 Å². The Morgan fingerprint density at radius 2 is 1.74 bits per heavy atom. The lowest BCUT2D eigenvalue weighted by Gasteiger charge is -2.16. The van der Waals surface area contributed by atoms with Crippen molar-refractivity contribution in [2.24, 2.45) is 0 Å². The summed E-state index contributed by atoms with van der Waals surface area (Å²) >= 11 is 0. The van der Waals surface area contributed by atoms with E-state index in [0.717, 1.165) is 17.6 Å². The number of hydrogen-bond acceptors (Lipinski definition) is 3. The molecule has 0 aliphatic rings. The quantitative estimate of drug-likeness (QED) is 0.744. The van der Waals surface area contributed by atoms with E-state index in [-0.39, 0.29) is 6.10 Å². The molecule has 3 nitrogen and oxygen atoms in total. The molecule has 0 saturated heterocycles. The molecule has 0 N–H and O–H groups in total. The Bertz CT molecular complexity index is 505. The Morgan fingerprint density at radius 3 is 2.32 bits per heavy atom. The first kappa shape index (κ1) is 13.3. The minimum absolute atomic E-state index is 0.105. The van der Waals surface area contributed by atoms with Gasteiger partial charge in [-0.15, -0.1) is 0 Å².